The van der Waals surface area contributed by atoms with Crippen LogP contribution in [0.25, 0.3) is 5.57 Å². The Morgan fingerprint density at radius 1 is 1.13 bits per heavy atom. The Bertz CT molecular complexity index is 962. The van der Waals surface area contributed by atoms with Crippen molar-refractivity contribution in [1.29, 1.82) is 0 Å². The quantitative estimate of drug-likeness (QED) is 0.664. The molecule has 2 aliphatic rings. The highest BCUT2D eigenvalue weighted by Gasteiger charge is 2.43. The molecule has 2 aliphatic heterocycles. The molecule has 1 fully saturated rings. The van der Waals surface area contributed by atoms with Gasteiger partial charge in [-0.1, -0.05) is 12.1 Å². The monoisotopic (exact) mass is 425 g/mol. The minimum absolute atomic E-state index is 0.234. The first-order valence-electron chi connectivity index (χ1n) is 10.3. The molecule has 30 heavy (non-hydrogen) atoms. The largest absolute Gasteiger partial charge is 0.494 e. The molecule has 1 aromatic heterocycles. The van der Waals surface area contributed by atoms with Crippen LogP contribution in [0.5, 0.6) is 5.75 Å². The van der Waals surface area contributed by atoms with E-state index in [1.54, 1.807) is 12.1 Å². The lowest BCUT2D eigenvalue weighted by Crippen LogP contribution is -2.43. The van der Waals surface area contributed by atoms with E-state index in [1.807, 2.05) is 48.5 Å². The number of carbonyl (C=O) groups excluding carboxylic acids is 2. The topological polar surface area (TPSA) is 53.1 Å². The van der Waals surface area contributed by atoms with Crippen LogP contribution in [0.4, 0.5) is 5.69 Å². The maximum absolute atomic E-state index is 13.6. The average Bonchev–Trinajstić information content (AvgIpc) is 3.34. The molecule has 0 atom stereocenters. The number of thiophene rings is 1. The Labute approximate surface area is 181 Å². The van der Waals surface area contributed by atoms with Crippen LogP contribution in [0, 0.1) is 0 Å². The SMILES string of the molecule is CCOc1cccc(N2C(=O)C(c3cccs3)=C(N(C)C3CCN(C)CC3)C2=O)c1. The number of amides is 2. The number of likely N-dealkylation sites (N-methyl/N-ethyl adjacent to an activating group) is 1. The van der Waals surface area contributed by atoms with Crippen LogP contribution in [0.1, 0.15) is 24.6 Å². The third-order valence-corrected chi connectivity index (χ3v) is 6.69. The Morgan fingerprint density at radius 3 is 2.57 bits per heavy atom. The first kappa shape index (κ1) is 20.6. The number of anilines is 1. The highest BCUT2D eigenvalue weighted by atomic mass is 32.1. The first-order valence-corrected chi connectivity index (χ1v) is 11.2. The van der Waals surface area contributed by atoms with Crippen molar-refractivity contribution in [3.05, 3.63) is 52.4 Å². The summed E-state index contributed by atoms with van der Waals surface area (Å²) in [6.07, 6.45) is 1.94. The summed E-state index contributed by atoms with van der Waals surface area (Å²) in [5.74, 6) is 0.106. The molecule has 7 heteroatoms. The molecule has 2 amide bonds. The highest BCUT2D eigenvalue weighted by Crippen LogP contribution is 2.38. The zero-order chi connectivity index (χ0) is 21.3. The van der Waals surface area contributed by atoms with E-state index in [1.165, 1.54) is 16.2 Å². The number of imide groups is 1. The number of likely N-dealkylation sites (tertiary alicyclic amines) is 1. The molecule has 0 aliphatic carbocycles. The Balaban J connectivity index is 1.73. The van der Waals surface area contributed by atoms with Crippen LogP contribution < -0.4 is 9.64 Å². The van der Waals surface area contributed by atoms with Gasteiger partial charge in [0, 0.05) is 24.0 Å². The summed E-state index contributed by atoms with van der Waals surface area (Å²) in [6.45, 7) is 4.40. The van der Waals surface area contributed by atoms with E-state index in [-0.39, 0.29) is 17.9 Å². The number of ether oxygens (including phenoxy) is 1. The third kappa shape index (κ3) is 3.75. The van der Waals surface area contributed by atoms with Crippen LogP contribution in [-0.4, -0.2) is 61.4 Å². The van der Waals surface area contributed by atoms with E-state index in [2.05, 4.69) is 11.9 Å². The van der Waals surface area contributed by atoms with Gasteiger partial charge in [-0.3, -0.25) is 9.59 Å². The molecule has 1 aromatic carbocycles. The second-order valence-electron chi connectivity index (χ2n) is 7.72. The van der Waals surface area contributed by atoms with Crippen molar-refractivity contribution in [1.82, 2.24) is 9.80 Å². The van der Waals surface area contributed by atoms with E-state index in [0.717, 1.165) is 30.8 Å². The molecule has 0 radical (unpaired) electrons. The lowest BCUT2D eigenvalue weighted by molar-refractivity contribution is -0.120. The van der Waals surface area contributed by atoms with Crippen molar-refractivity contribution < 1.29 is 14.3 Å². The molecule has 0 spiro atoms. The Kier molecular flexibility index (Phi) is 5.92. The normalized spacial score (nSPS) is 18.4. The van der Waals surface area contributed by atoms with Crippen molar-refractivity contribution in [2.75, 3.05) is 38.7 Å². The summed E-state index contributed by atoms with van der Waals surface area (Å²) in [7, 11) is 4.06. The molecule has 0 unspecified atom stereocenters. The van der Waals surface area contributed by atoms with E-state index in [4.69, 9.17) is 4.74 Å². The fourth-order valence-corrected chi connectivity index (χ4v) is 4.93. The molecule has 6 nitrogen and oxygen atoms in total. The van der Waals surface area contributed by atoms with Crippen molar-refractivity contribution in [3.8, 4) is 5.75 Å². The predicted octanol–water partition coefficient (Wildman–Crippen LogP) is 3.46. The van der Waals surface area contributed by atoms with Crippen molar-refractivity contribution in [2.24, 2.45) is 0 Å². The van der Waals surface area contributed by atoms with Gasteiger partial charge in [-0.2, -0.15) is 0 Å². The minimum Gasteiger partial charge on any atom is -0.494 e. The number of piperidine rings is 1. The lowest BCUT2D eigenvalue weighted by Gasteiger charge is -2.36. The van der Waals surface area contributed by atoms with Crippen LogP contribution >= 0.6 is 11.3 Å². The van der Waals surface area contributed by atoms with Gasteiger partial charge in [0.25, 0.3) is 11.8 Å². The summed E-state index contributed by atoms with van der Waals surface area (Å²) in [5.41, 5.74) is 1.54. The summed E-state index contributed by atoms with van der Waals surface area (Å²) in [4.78, 5) is 33.6. The molecule has 1 saturated heterocycles. The molecular weight excluding hydrogens is 398 g/mol. The van der Waals surface area contributed by atoms with E-state index >= 15 is 0 Å². The van der Waals surface area contributed by atoms with Gasteiger partial charge in [0.05, 0.1) is 17.9 Å². The second-order valence-corrected chi connectivity index (χ2v) is 8.67. The summed E-state index contributed by atoms with van der Waals surface area (Å²) < 4.78 is 5.58. The number of benzene rings is 1. The fourth-order valence-electron chi connectivity index (χ4n) is 4.17. The molecule has 0 saturated carbocycles. The minimum atomic E-state index is -0.272. The maximum atomic E-state index is 13.6. The number of carbonyl (C=O) groups is 2. The lowest BCUT2D eigenvalue weighted by atomic mass is 10.0. The van der Waals surface area contributed by atoms with Crippen LogP contribution in [0.2, 0.25) is 0 Å². The first-order chi connectivity index (χ1) is 14.5. The predicted molar refractivity (Wildman–Crippen MR) is 120 cm³/mol. The van der Waals surface area contributed by atoms with Gasteiger partial charge in [0.2, 0.25) is 0 Å². The van der Waals surface area contributed by atoms with Crippen LogP contribution in [0.15, 0.2) is 47.5 Å². The standard InChI is InChI=1S/C23H27N3O3S/c1-4-29-18-8-5-7-17(15-18)26-22(27)20(19-9-6-14-30-19)21(23(26)28)25(3)16-10-12-24(2)13-11-16/h5-9,14-16H,4,10-13H2,1-3H3. The smallest absolute Gasteiger partial charge is 0.282 e. The number of hydrogen-bond donors (Lipinski definition) is 0. The van der Waals surface area contributed by atoms with E-state index in [9.17, 15) is 9.59 Å². The third-order valence-electron chi connectivity index (χ3n) is 5.80. The molecule has 2 aromatic rings. The molecular formula is C23H27N3O3S. The number of nitrogens with zero attached hydrogens (tertiary/aromatic N) is 3. The van der Waals surface area contributed by atoms with Gasteiger partial charge in [-0.15, -0.1) is 11.3 Å². The van der Waals surface area contributed by atoms with Gasteiger partial charge in [-0.05, 0) is 63.5 Å². The van der Waals surface area contributed by atoms with Gasteiger partial charge in [0.15, 0.2) is 0 Å². The number of rotatable bonds is 6. The maximum Gasteiger partial charge on any atom is 0.282 e. The van der Waals surface area contributed by atoms with Crippen LogP contribution in [-0.2, 0) is 9.59 Å². The van der Waals surface area contributed by atoms with E-state index in [0.29, 0.717) is 29.3 Å². The van der Waals surface area contributed by atoms with Crippen LogP contribution in [0.3, 0.4) is 0 Å². The van der Waals surface area contributed by atoms with Crippen molar-refractivity contribution in [2.45, 2.75) is 25.8 Å². The van der Waals surface area contributed by atoms with Crippen molar-refractivity contribution >= 4 is 34.4 Å². The zero-order valence-electron chi connectivity index (χ0n) is 17.6. The summed E-state index contributed by atoms with van der Waals surface area (Å²) in [6, 6.07) is 11.2. The number of hydrogen-bond acceptors (Lipinski definition) is 6. The van der Waals surface area contributed by atoms with Gasteiger partial charge < -0.3 is 14.5 Å². The van der Waals surface area contributed by atoms with Gasteiger partial charge >= 0.3 is 0 Å². The molecule has 4 rings (SSSR count). The average molecular weight is 426 g/mol. The Morgan fingerprint density at radius 2 is 1.90 bits per heavy atom. The molecule has 3 heterocycles. The molecule has 0 N–H and O–H groups in total. The highest BCUT2D eigenvalue weighted by molar-refractivity contribution is 7.11. The summed E-state index contributed by atoms with van der Waals surface area (Å²) >= 11 is 1.49. The van der Waals surface area contributed by atoms with Gasteiger partial charge in [0.1, 0.15) is 11.4 Å². The fraction of sp³-hybridized carbons (Fsp3) is 0.391. The van der Waals surface area contributed by atoms with E-state index < -0.39 is 0 Å². The second kappa shape index (κ2) is 8.62. The molecule has 158 valence electrons. The van der Waals surface area contributed by atoms with Crippen molar-refractivity contribution in [3.63, 3.8) is 0 Å². The Hall–Kier alpha value is -2.64. The summed E-state index contributed by atoms with van der Waals surface area (Å²) in [5, 5.41) is 1.94. The zero-order valence-corrected chi connectivity index (χ0v) is 18.4. The van der Waals surface area contributed by atoms with Gasteiger partial charge in [-0.25, -0.2) is 4.90 Å². The molecule has 0 bridgehead atoms.